The molecule has 2 aromatic rings. The van der Waals surface area contributed by atoms with Crippen LogP contribution in [0, 0.1) is 5.92 Å². The summed E-state index contributed by atoms with van der Waals surface area (Å²) in [6, 6.07) is 15.7. The fraction of sp³-hybridized carbons (Fsp3) is 0.435. The predicted molar refractivity (Wildman–Crippen MR) is 108 cm³/mol. The second kappa shape index (κ2) is 8.65. The fourth-order valence-corrected chi connectivity index (χ4v) is 4.18. The first-order chi connectivity index (χ1) is 13.7. The van der Waals surface area contributed by atoms with Crippen molar-refractivity contribution in [3.63, 3.8) is 0 Å². The van der Waals surface area contributed by atoms with E-state index in [1.54, 1.807) is 6.07 Å². The molecule has 0 bridgehead atoms. The van der Waals surface area contributed by atoms with Crippen LogP contribution in [0.25, 0.3) is 0 Å². The number of fused-ring (bicyclic) bond motifs is 1. The Morgan fingerprint density at radius 1 is 1.11 bits per heavy atom. The minimum atomic E-state index is -0.0195. The van der Waals surface area contributed by atoms with Crippen molar-refractivity contribution in [2.45, 2.75) is 38.3 Å². The van der Waals surface area contributed by atoms with E-state index in [1.165, 1.54) is 0 Å². The van der Waals surface area contributed by atoms with Gasteiger partial charge in [0, 0.05) is 31.6 Å². The third-order valence-corrected chi connectivity index (χ3v) is 5.78. The largest absolute Gasteiger partial charge is 0.508 e. The van der Waals surface area contributed by atoms with Crippen LogP contribution in [0.3, 0.4) is 0 Å². The highest BCUT2D eigenvalue weighted by Crippen LogP contribution is 2.27. The first kappa shape index (κ1) is 18.8. The lowest BCUT2D eigenvalue weighted by molar-refractivity contribution is -0.126. The molecule has 0 radical (unpaired) electrons. The highest BCUT2D eigenvalue weighted by atomic mass is 16.5. The maximum Gasteiger partial charge on any atom is 0.223 e. The van der Waals surface area contributed by atoms with Gasteiger partial charge in [-0.3, -0.25) is 9.69 Å². The molecule has 0 spiro atoms. The van der Waals surface area contributed by atoms with E-state index in [2.05, 4.69) is 16.3 Å². The first-order valence-corrected chi connectivity index (χ1v) is 10.2. The maximum absolute atomic E-state index is 12.8. The number of piperidine rings is 1. The Labute approximate surface area is 166 Å². The summed E-state index contributed by atoms with van der Waals surface area (Å²) < 4.78 is 5.79. The van der Waals surface area contributed by atoms with Crippen LogP contribution in [0.2, 0.25) is 0 Å². The van der Waals surface area contributed by atoms with Gasteiger partial charge in [0.1, 0.15) is 11.5 Å². The van der Waals surface area contributed by atoms with Gasteiger partial charge in [-0.05, 0) is 55.0 Å². The van der Waals surface area contributed by atoms with E-state index in [0.29, 0.717) is 12.4 Å². The second-order valence-electron chi connectivity index (χ2n) is 7.87. The zero-order valence-electron chi connectivity index (χ0n) is 16.1. The highest BCUT2D eigenvalue weighted by Gasteiger charge is 2.27. The molecule has 2 heterocycles. The van der Waals surface area contributed by atoms with Crippen molar-refractivity contribution >= 4 is 5.91 Å². The Kier molecular flexibility index (Phi) is 5.81. The van der Waals surface area contributed by atoms with E-state index in [1.807, 2.05) is 36.4 Å². The van der Waals surface area contributed by atoms with E-state index in [-0.39, 0.29) is 17.9 Å². The molecule has 28 heavy (non-hydrogen) atoms. The van der Waals surface area contributed by atoms with Crippen molar-refractivity contribution in [2.75, 3.05) is 19.7 Å². The van der Waals surface area contributed by atoms with Crippen LogP contribution in [-0.4, -0.2) is 41.7 Å². The van der Waals surface area contributed by atoms with E-state index < -0.39 is 0 Å². The number of phenols is 1. The van der Waals surface area contributed by atoms with Gasteiger partial charge in [-0.2, -0.15) is 0 Å². The van der Waals surface area contributed by atoms with E-state index >= 15 is 0 Å². The van der Waals surface area contributed by atoms with Gasteiger partial charge in [0.25, 0.3) is 0 Å². The molecule has 0 aromatic heterocycles. The smallest absolute Gasteiger partial charge is 0.223 e. The lowest BCUT2D eigenvalue weighted by atomic mass is 9.95. The van der Waals surface area contributed by atoms with Gasteiger partial charge in [0.05, 0.1) is 6.61 Å². The number of benzene rings is 2. The molecule has 1 atom stereocenters. The molecule has 5 nitrogen and oxygen atoms in total. The van der Waals surface area contributed by atoms with Gasteiger partial charge in [-0.15, -0.1) is 0 Å². The lowest BCUT2D eigenvalue weighted by Gasteiger charge is -2.33. The Hall–Kier alpha value is -2.53. The number of amides is 1. The van der Waals surface area contributed by atoms with Crippen LogP contribution in [0.15, 0.2) is 48.5 Å². The van der Waals surface area contributed by atoms with E-state index in [9.17, 15) is 9.90 Å². The number of likely N-dealkylation sites (tertiary alicyclic amines) is 1. The SMILES string of the molecule is O=C(NC1CCN(Cc2cccc(O)c2)CC1)C1CCOc2ccccc2C1. The molecule has 148 valence electrons. The van der Waals surface area contributed by atoms with E-state index in [4.69, 9.17) is 4.74 Å². The highest BCUT2D eigenvalue weighted by molar-refractivity contribution is 5.79. The molecule has 0 saturated carbocycles. The number of carbonyl (C=O) groups is 1. The summed E-state index contributed by atoms with van der Waals surface area (Å²) >= 11 is 0. The molecule has 4 rings (SSSR count). The van der Waals surface area contributed by atoms with Gasteiger partial charge in [-0.1, -0.05) is 30.3 Å². The monoisotopic (exact) mass is 380 g/mol. The average molecular weight is 380 g/mol. The molecular formula is C23H28N2O3. The van der Waals surface area contributed by atoms with Gasteiger partial charge < -0.3 is 15.2 Å². The second-order valence-corrected chi connectivity index (χ2v) is 7.87. The van der Waals surface area contributed by atoms with Crippen molar-refractivity contribution in [1.82, 2.24) is 10.2 Å². The Morgan fingerprint density at radius 2 is 1.93 bits per heavy atom. The molecule has 2 aromatic carbocycles. The summed E-state index contributed by atoms with van der Waals surface area (Å²) in [5.74, 6) is 1.37. The minimum absolute atomic E-state index is 0.0195. The number of phenolic OH excluding ortho intramolecular Hbond substituents is 1. The fourth-order valence-electron chi connectivity index (χ4n) is 4.18. The number of rotatable bonds is 4. The van der Waals surface area contributed by atoms with Crippen molar-refractivity contribution in [3.05, 3.63) is 59.7 Å². The molecule has 0 aliphatic carbocycles. The Bertz CT molecular complexity index is 815. The van der Waals surface area contributed by atoms with Crippen molar-refractivity contribution in [3.8, 4) is 11.5 Å². The number of hydrogen-bond donors (Lipinski definition) is 2. The molecule has 5 heteroatoms. The average Bonchev–Trinajstić information content (AvgIpc) is 2.92. The summed E-state index contributed by atoms with van der Waals surface area (Å²) in [6.45, 7) is 3.34. The standard InChI is InChI=1S/C23H28N2O3/c26-21-6-3-4-17(14-21)16-25-11-8-20(9-12-25)24-23(27)19-10-13-28-22-7-2-1-5-18(22)15-19/h1-7,14,19-20,26H,8-13,15-16H2,(H,24,27). The van der Waals surface area contributed by atoms with Gasteiger partial charge in [0.2, 0.25) is 5.91 Å². The first-order valence-electron chi connectivity index (χ1n) is 10.2. The molecule has 1 amide bonds. The number of ether oxygens (including phenoxy) is 1. The Balaban J connectivity index is 1.27. The summed E-state index contributed by atoms with van der Waals surface area (Å²) in [7, 11) is 0. The number of para-hydroxylation sites is 1. The van der Waals surface area contributed by atoms with Crippen molar-refractivity contribution < 1.29 is 14.6 Å². The van der Waals surface area contributed by atoms with Crippen LogP contribution in [0.1, 0.15) is 30.4 Å². The third kappa shape index (κ3) is 4.65. The molecule has 2 N–H and O–H groups in total. The molecule has 1 unspecified atom stereocenters. The van der Waals surface area contributed by atoms with Gasteiger partial charge in [-0.25, -0.2) is 0 Å². The van der Waals surface area contributed by atoms with Crippen LogP contribution in [0.4, 0.5) is 0 Å². The van der Waals surface area contributed by atoms with Gasteiger partial charge >= 0.3 is 0 Å². The Morgan fingerprint density at radius 3 is 2.75 bits per heavy atom. The number of carbonyl (C=O) groups excluding carboxylic acids is 1. The van der Waals surface area contributed by atoms with Gasteiger partial charge in [0.15, 0.2) is 0 Å². The predicted octanol–water partition coefficient (Wildman–Crippen LogP) is 3.11. The van der Waals surface area contributed by atoms with E-state index in [0.717, 1.165) is 62.2 Å². The summed E-state index contributed by atoms with van der Waals surface area (Å²) in [6.07, 6.45) is 3.43. The topological polar surface area (TPSA) is 61.8 Å². The van der Waals surface area contributed by atoms with Crippen LogP contribution >= 0.6 is 0 Å². The zero-order valence-corrected chi connectivity index (χ0v) is 16.1. The molecule has 2 aliphatic rings. The number of nitrogens with zero attached hydrogens (tertiary/aromatic N) is 1. The minimum Gasteiger partial charge on any atom is -0.508 e. The van der Waals surface area contributed by atoms with Crippen LogP contribution in [-0.2, 0) is 17.8 Å². The normalized spacial score (nSPS) is 20.6. The summed E-state index contributed by atoms with van der Waals surface area (Å²) in [5.41, 5.74) is 2.25. The number of nitrogens with one attached hydrogen (secondary N) is 1. The molecule has 1 fully saturated rings. The van der Waals surface area contributed by atoms with Crippen LogP contribution in [0.5, 0.6) is 11.5 Å². The van der Waals surface area contributed by atoms with Crippen LogP contribution < -0.4 is 10.1 Å². The van der Waals surface area contributed by atoms with Crippen molar-refractivity contribution in [1.29, 1.82) is 0 Å². The van der Waals surface area contributed by atoms with Crippen molar-refractivity contribution in [2.24, 2.45) is 5.92 Å². The molecule has 1 saturated heterocycles. The summed E-state index contributed by atoms with van der Waals surface area (Å²) in [5, 5.41) is 12.9. The quantitative estimate of drug-likeness (QED) is 0.856. The molecule has 2 aliphatic heterocycles. The number of hydrogen-bond acceptors (Lipinski definition) is 4. The third-order valence-electron chi connectivity index (χ3n) is 5.78. The lowest BCUT2D eigenvalue weighted by Crippen LogP contribution is -2.46. The molecular weight excluding hydrogens is 352 g/mol. The zero-order chi connectivity index (χ0) is 19.3. The maximum atomic E-state index is 12.8. The number of aromatic hydroxyl groups is 1. The summed E-state index contributed by atoms with van der Waals surface area (Å²) in [4.78, 5) is 15.2.